The third-order valence-corrected chi connectivity index (χ3v) is 4.67. The van der Waals surface area contributed by atoms with Gasteiger partial charge in [-0.05, 0) is 35.4 Å². The number of benzene rings is 2. The van der Waals surface area contributed by atoms with Gasteiger partial charge in [0.1, 0.15) is 0 Å². The van der Waals surface area contributed by atoms with Crippen LogP contribution in [0.15, 0.2) is 97.5 Å². The number of carbonyl (C=O) groups is 2. The van der Waals surface area contributed by atoms with Crippen LogP contribution in [-0.4, -0.2) is 26.6 Å². The number of nitrogens with one attached hydrogen (secondary N) is 1. The number of nitrogens with zero attached hydrogens (tertiary/aromatic N) is 4. The van der Waals surface area contributed by atoms with Gasteiger partial charge in [-0.25, -0.2) is 0 Å². The summed E-state index contributed by atoms with van der Waals surface area (Å²) in [5, 5.41) is 6.95. The molecule has 0 spiro atoms. The lowest BCUT2D eigenvalue weighted by Crippen LogP contribution is -2.39. The van der Waals surface area contributed by atoms with Crippen LogP contribution in [0.25, 0.3) is 0 Å². The molecule has 0 aliphatic heterocycles. The van der Waals surface area contributed by atoms with Gasteiger partial charge in [0.25, 0.3) is 0 Å². The highest BCUT2D eigenvalue weighted by molar-refractivity contribution is 6.44. The second kappa shape index (κ2) is 9.49. The molecule has 2 aromatic heterocycles. The third-order valence-electron chi connectivity index (χ3n) is 4.67. The van der Waals surface area contributed by atoms with Crippen LogP contribution in [0.3, 0.4) is 0 Å². The summed E-state index contributed by atoms with van der Waals surface area (Å²) in [5.41, 5.74) is 2.61. The molecule has 2 heterocycles. The van der Waals surface area contributed by atoms with E-state index in [-0.39, 0.29) is 6.54 Å². The van der Waals surface area contributed by atoms with Gasteiger partial charge < -0.3 is 5.32 Å². The Labute approximate surface area is 180 Å². The monoisotopic (exact) mass is 411 g/mol. The van der Waals surface area contributed by atoms with Gasteiger partial charge in [-0.1, -0.05) is 48.5 Å². The van der Waals surface area contributed by atoms with Crippen LogP contribution >= 0.6 is 0 Å². The smallest absolute Gasteiger partial charge is 0.301 e. The van der Waals surface area contributed by atoms with E-state index in [1.807, 2.05) is 60.7 Å². The van der Waals surface area contributed by atoms with E-state index >= 15 is 0 Å². The summed E-state index contributed by atoms with van der Waals surface area (Å²) < 4.78 is 1.69. The molecule has 0 saturated heterocycles. The zero-order chi connectivity index (χ0) is 21.5. The van der Waals surface area contributed by atoms with Gasteiger partial charge in [0.05, 0.1) is 13.1 Å². The molecule has 0 aliphatic rings. The lowest BCUT2D eigenvalue weighted by molar-refractivity contribution is -0.134. The second-order valence-electron chi connectivity index (χ2n) is 6.92. The van der Waals surface area contributed by atoms with Crippen molar-refractivity contribution >= 4 is 23.3 Å². The molecule has 4 aromatic rings. The van der Waals surface area contributed by atoms with E-state index in [2.05, 4.69) is 15.4 Å². The zero-order valence-corrected chi connectivity index (χ0v) is 16.8. The maximum absolute atomic E-state index is 13.0. The Morgan fingerprint density at radius 3 is 2.23 bits per heavy atom. The van der Waals surface area contributed by atoms with Gasteiger partial charge in [-0.3, -0.25) is 24.2 Å². The molecule has 7 nitrogen and oxygen atoms in total. The summed E-state index contributed by atoms with van der Waals surface area (Å²) in [6.45, 7) is 0.823. The van der Waals surface area contributed by atoms with Crippen molar-refractivity contribution in [2.45, 2.75) is 13.1 Å². The number of carbonyl (C=O) groups excluding carboxylic acids is 2. The molecule has 2 aromatic carbocycles. The highest BCUT2D eigenvalue weighted by atomic mass is 16.2. The molecule has 1 N–H and O–H groups in total. The minimum Gasteiger partial charge on any atom is -0.301 e. The van der Waals surface area contributed by atoms with E-state index in [9.17, 15) is 9.59 Å². The first-order valence-corrected chi connectivity index (χ1v) is 9.83. The Bertz CT molecular complexity index is 1140. The molecule has 0 saturated carbocycles. The average Bonchev–Trinajstić information content (AvgIpc) is 3.25. The molecule has 0 fully saturated rings. The van der Waals surface area contributed by atoms with Gasteiger partial charge in [-0.15, -0.1) is 0 Å². The van der Waals surface area contributed by atoms with Crippen LogP contribution < -0.4 is 10.2 Å². The lowest BCUT2D eigenvalue weighted by atomic mass is 10.2. The number of amides is 2. The fraction of sp³-hybridized carbons (Fsp3) is 0.0833. The predicted molar refractivity (Wildman–Crippen MR) is 118 cm³/mol. The highest BCUT2D eigenvalue weighted by Crippen LogP contribution is 2.18. The fourth-order valence-electron chi connectivity index (χ4n) is 3.14. The van der Waals surface area contributed by atoms with E-state index in [0.717, 1.165) is 11.1 Å². The van der Waals surface area contributed by atoms with Gasteiger partial charge in [0, 0.05) is 30.3 Å². The van der Waals surface area contributed by atoms with E-state index < -0.39 is 11.8 Å². The predicted octanol–water partition coefficient (Wildman–Crippen LogP) is 3.50. The standard InChI is InChI=1S/C24H21N5O2/c30-23(26-22-13-16-28(27-22)17-20-11-14-25-15-12-20)24(31)29(21-9-5-2-6-10-21)18-19-7-3-1-4-8-19/h1-16H,17-18H2,(H,26,27,30). The zero-order valence-electron chi connectivity index (χ0n) is 16.8. The summed E-state index contributed by atoms with van der Waals surface area (Å²) in [7, 11) is 0. The Hall–Kier alpha value is -4.26. The molecule has 0 bridgehead atoms. The molecule has 0 atom stereocenters. The van der Waals surface area contributed by atoms with Crippen molar-refractivity contribution in [3.05, 3.63) is 109 Å². The van der Waals surface area contributed by atoms with Gasteiger partial charge in [0.15, 0.2) is 5.82 Å². The third kappa shape index (κ3) is 5.22. The van der Waals surface area contributed by atoms with E-state index in [1.54, 1.807) is 41.5 Å². The first-order chi connectivity index (χ1) is 15.2. The van der Waals surface area contributed by atoms with Crippen molar-refractivity contribution in [2.24, 2.45) is 0 Å². The Morgan fingerprint density at radius 1 is 0.839 bits per heavy atom. The SMILES string of the molecule is O=C(Nc1ccn(Cc2ccncc2)n1)C(=O)N(Cc1ccccc1)c1ccccc1. The first kappa shape index (κ1) is 20.0. The summed E-state index contributed by atoms with van der Waals surface area (Å²) in [4.78, 5) is 31.2. The Morgan fingerprint density at radius 2 is 1.52 bits per heavy atom. The number of para-hydroxylation sites is 1. The quantitative estimate of drug-likeness (QED) is 0.493. The maximum Gasteiger partial charge on any atom is 0.317 e. The summed E-state index contributed by atoms with van der Waals surface area (Å²) >= 11 is 0. The number of aromatic nitrogens is 3. The Balaban J connectivity index is 1.47. The van der Waals surface area contributed by atoms with Gasteiger partial charge in [0.2, 0.25) is 0 Å². The summed E-state index contributed by atoms with van der Waals surface area (Å²) in [5.74, 6) is -1.08. The molecule has 0 aliphatic carbocycles. The average molecular weight is 411 g/mol. The van der Waals surface area contributed by atoms with Crippen molar-refractivity contribution in [1.82, 2.24) is 14.8 Å². The molecule has 31 heavy (non-hydrogen) atoms. The molecule has 2 amide bonds. The lowest BCUT2D eigenvalue weighted by Gasteiger charge is -2.22. The number of rotatable bonds is 6. The number of pyridine rings is 1. The van der Waals surface area contributed by atoms with Gasteiger partial charge >= 0.3 is 11.8 Å². The van der Waals surface area contributed by atoms with Crippen molar-refractivity contribution in [1.29, 1.82) is 0 Å². The molecule has 0 radical (unpaired) electrons. The van der Waals surface area contributed by atoms with Crippen LogP contribution in [0.4, 0.5) is 11.5 Å². The largest absolute Gasteiger partial charge is 0.317 e. The second-order valence-corrected chi connectivity index (χ2v) is 6.92. The van der Waals surface area contributed by atoms with Crippen molar-refractivity contribution in [3.63, 3.8) is 0 Å². The number of anilines is 2. The van der Waals surface area contributed by atoms with Crippen molar-refractivity contribution in [3.8, 4) is 0 Å². The fourth-order valence-corrected chi connectivity index (χ4v) is 3.14. The maximum atomic E-state index is 13.0. The Kier molecular flexibility index (Phi) is 6.13. The van der Waals surface area contributed by atoms with Crippen LogP contribution in [0.2, 0.25) is 0 Å². The molecule has 7 heteroatoms. The van der Waals surface area contributed by atoms with Crippen molar-refractivity contribution in [2.75, 3.05) is 10.2 Å². The molecule has 154 valence electrons. The minimum absolute atomic E-state index is 0.285. The number of hydrogen-bond donors (Lipinski definition) is 1. The normalized spacial score (nSPS) is 10.5. The van der Waals surface area contributed by atoms with E-state index in [0.29, 0.717) is 18.1 Å². The topological polar surface area (TPSA) is 80.1 Å². The van der Waals surface area contributed by atoms with Crippen LogP contribution in [0.5, 0.6) is 0 Å². The van der Waals surface area contributed by atoms with Crippen LogP contribution in [0, 0.1) is 0 Å². The summed E-state index contributed by atoms with van der Waals surface area (Å²) in [6, 6.07) is 24.1. The highest BCUT2D eigenvalue weighted by Gasteiger charge is 2.24. The molecule has 0 unspecified atom stereocenters. The molecular formula is C24H21N5O2. The first-order valence-electron chi connectivity index (χ1n) is 9.83. The molecule has 4 rings (SSSR count). The van der Waals surface area contributed by atoms with Crippen molar-refractivity contribution < 1.29 is 9.59 Å². The summed E-state index contributed by atoms with van der Waals surface area (Å²) in [6.07, 6.45) is 5.18. The van der Waals surface area contributed by atoms with Gasteiger partial charge in [-0.2, -0.15) is 5.10 Å². The number of hydrogen-bond acceptors (Lipinski definition) is 4. The minimum atomic E-state index is -0.742. The van der Waals surface area contributed by atoms with Crippen LogP contribution in [0.1, 0.15) is 11.1 Å². The van der Waals surface area contributed by atoms with E-state index in [4.69, 9.17) is 0 Å². The van der Waals surface area contributed by atoms with E-state index in [1.165, 1.54) is 4.90 Å². The van der Waals surface area contributed by atoms with Crippen LogP contribution in [-0.2, 0) is 22.7 Å². The molecular weight excluding hydrogens is 390 g/mol.